The molecule has 1 saturated carbocycles. The van der Waals surface area contributed by atoms with E-state index >= 15 is 0 Å². The summed E-state index contributed by atoms with van der Waals surface area (Å²) in [6, 6.07) is 0. The Hall–Kier alpha value is -0.740. The Morgan fingerprint density at radius 1 is 1.33 bits per heavy atom. The summed E-state index contributed by atoms with van der Waals surface area (Å²) < 4.78 is 35.9. The van der Waals surface area contributed by atoms with Gasteiger partial charge in [0.05, 0.1) is 12.3 Å². The minimum Gasteiger partial charge on any atom is -0.363 e. The van der Waals surface area contributed by atoms with E-state index in [-0.39, 0.29) is 12.5 Å². The molecule has 0 aromatic carbocycles. The molecule has 0 aliphatic heterocycles. The molecule has 5 heteroatoms. The third-order valence-corrected chi connectivity index (χ3v) is 2.88. The zero-order chi connectivity index (χ0) is 11.5. The predicted molar refractivity (Wildman–Crippen MR) is 53.0 cm³/mol. The molecular weight excluding hydrogens is 205 g/mol. The number of halogens is 3. The van der Waals surface area contributed by atoms with E-state index < -0.39 is 12.6 Å². The SMILES string of the molecule is CN(CCC(F)(F)F)C(=N)C1CCCC1. The lowest BCUT2D eigenvalue weighted by Crippen LogP contribution is -2.33. The van der Waals surface area contributed by atoms with Gasteiger partial charge in [0.2, 0.25) is 0 Å². The zero-order valence-corrected chi connectivity index (χ0v) is 8.90. The third-order valence-electron chi connectivity index (χ3n) is 2.88. The summed E-state index contributed by atoms with van der Waals surface area (Å²) in [6.07, 6.45) is -0.854. The number of hydrogen-bond acceptors (Lipinski definition) is 1. The molecule has 0 aromatic rings. The predicted octanol–water partition coefficient (Wildman–Crippen LogP) is 3.04. The Morgan fingerprint density at radius 3 is 2.33 bits per heavy atom. The highest BCUT2D eigenvalue weighted by molar-refractivity contribution is 5.81. The Labute approximate surface area is 88.0 Å². The van der Waals surface area contributed by atoms with E-state index in [4.69, 9.17) is 5.41 Å². The van der Waals surface area contributed by atoms with Gasteiger partial charge >= 0.3 is 6.18 Å². The lowest BCUT2D eigenvalue weighted by atomic mass is 10.1. The van der Waals surface area contributed by atoms with Gasteiger partial charge in [-0.05, 0) is 12.8 Å². The second-order valence-electron chi connectivity index (χ2n) is 4.15. The van der Waals surface area contributed by atoms with Crippen molar-refractivity contribution in [2.45, 2.75) is 38.3 Å². The summed E-state index contributed by atoms with van der Waals surface area (Å²) in [4.78, 5) is 1.43. The van der Waals surface area contributed by atoms with Crippen molar-refractivity contribution < 1.29 is 13.2 Å². The van der Waals surface area contributed by atoms with Crippen LogP contribution in [0.5, 0.6) is 0 Å². The van der Waals surface area contributed by atoms with Crippen LogP contribution in [0, 0.1) is 11.3 Å². The molecule has 15 heavy (non-hydrogen) atoms. The van der Waals surface area contributed by atoms with Gasteiger partial charge < -0.3 is 4.90 Å². The van der Waals surface area contributed by atoms with Gasteiger partial charge in [-0.3, -0.25) is 5.41 Å². The van der Waals surface area contributed by atoms with Gasteiger partial charge in [0, 0.05) is 19.5 Å². The quantitative estimate of drug-likeness (QED) is 0.576. The largest absolute Gasteiger partial charge is 0.390 e. The summed E-state index contributed by atoms with van der Waals surface area (Å²) in [5, 5.41) is 7.76. The summed E-state index contributed by atoms with van der Waals surface area (Å²) >= 11 is 0. The van der Waals surface area contributed by atoms with Crippen LogP contribution < -0.4 is 0 Å². The highest BCUT2D eigenvalue weighted by Crippen LogP contribution is 2.27. The maximum absolute atomic E-state index is 12.0. The molecule has 1 aliphatic rings. The first-order valence-corrected chi connectivity index (χ1v) is 5.26. The third kappa shape index (κ3) is 4.10. The molecule has 1 fully saturated rings. The topological polar surface area (TPSA) is 27.1 Å². The van der Waals surface area contributed by atoms with Crippen LogP contribution in [0.1, 0.15) is 32.1 Å². The number of amidine groups is 1. The van der Waals surface area contributed by atoms with Crippen LogP contribution in [0.25, 0.3) is 0 Å². The molecule has 88 valence electrons. The van der Waals surface area contributed by atoms with Crippen LogP contribution in [-0.2, 0) is 0 Å². The smallest absolute Gasteiger partial charge is 0.363 e. The minimum absolute atomic E-state index is 0.0984. The fourth-order valence-corrected chi connectivity index (χ4v) is 1.93. The number of nitrogens with one attached hydrogen (secondary N) is 1. The Kier molecular flexibility index (Phi) is 3.99. The van der Waals surface area contributed by atoms with E-state index in [0.717, 1.165) is 25.7 Å². The molecule has 0 radical (unpaired) electrons. The molecule has 1 aliphatic carbocycles. The number of alkyl halides is 3. The highest BCUT2D eigenvalue weighted by atomic mass is 19.4. The molecular formula is C10H17F3N2. The summed E-state index contributed by atoms with van der Waals surface area (Å²) in [5.74, 6) is 0.556. The number of hydrogen-bond donors (Lipinski definition) is 1. The standard InChI is InChI=1S/C10H17F3N2/c1-15(7-6-10(11,12)13)9(14)8-4-2-3-5-8/h8,14H,2-7H2,1H3. The Morgan fingerprint density at radius 2 is 1.87 bits per heavy atom. The highest BCUT2D eigenvalue weighted by Gasteiger charge is 2.29. The van der Waals surface area contributed by atoms with Crippen LogP contribution in [0.2, 0.25) is 0 Å². The summed E-state index contributed by atoms with van der Waals surface area (Å²) in [5.41, 5.74) is 0. The molecule has 0 bridgehead atoms. The fourth-order valence-electron chi connectivity index (χ4n) is 1.93. The van der Waals surface area contributed by atoms with E-state index in [1.165, 1.54) is 4.90 Å². The molecule has 0 amide bonds. The van der Waals surface area contributed by atoms with Gasteiger partial charge in [-0.15, -0.1) is 0 Å². The normalized spacial score (nSPS) is 18.1. The lowest BCUT2D eigenvalue weighted by Gasteiger charge is -2.24. The van der Waals surface area contributed by atoms with E-state index in [9.17, 15) is 13.2 Å². The maximum Gasteiger partial charge on any atom is 0.390 e. The molecule has 0 atom stereocenters. The lowest BCUT2D eigenvalue weighted by molar-refractivity contribution is -0.135. The van der Waals surface area contributed by atoms with Gasteiger partial charge in [0.15, 0.2) is 0 Å². The molecule has 0 saturated heterocycles. The second-order valence-corrected chi connectivity index (χ2v) is 4.15. The van der Waals surface area contributed by atoms with E-state index in [2.05, 4.69) is 0 Å². The summed E-state index contributed by atoms with van der Waals surface area (Å²) in [7, 11) is 1.58. The average molecular weight is 222 g/mol. The van der Waals surface area contributed by atoms with Gasteiger partial charge in [0.25, 0.3) is 0 Å². The van der Waals surface area contributed by atoms with Crippen LogP contribution in [0.15, 0.2) is 0 Å². The number of nitrogens with zero attached hydrogens (tertiary/aromatic N) is 1. The molecule has 2 nitrogen and oxygen atoms in total. The van der Waals surface area contributed by atoms with E-state index in [1.807, 2.05) is 0 Å². The van der Waals surface area contributed by atoms with Crippen LogP contribution in [-0.4, -0.2) is 30.5 Å². The molecule has 1 rings (SSSR count). The van der Waals surface area contributed by atoms with Crippen molar-refractivity contribution in [2.75, 3.05) is 13.6 Å². The van der Waals surface area contributed by atoms with Crippen LogP contribution in [0.4, 0.5) is 13.2 Å². The van der Waals surface area contributed by atoms with Gasteiger partial charge in [-0.1, -0.05) is 12.8 Å². The zero-order valence-electron chi connectivity index (χ0n) is 8.90. The molecule has 0 heterocycles. The van der Waals surface area contributed by atoms with Crippen LogP contribution in [0.3, 0.4) is 0 Å². The monoisotopic (exact) mass is 222 g/mol. The van der Waals surface area contributed by atoms with Gasteiger partial charge in [0.1, 0.15) is 0 Å². The Balaban J connectivity index is 2.32. The van der Waals surface area contributed by atoms with E-state index in [0.29, 0.717) is 5.84 Å². The molecule has 0 aromatic heterocycles. The van der Waals surface area contributed by atoms with Crippen molar-refractivity contribution in [1.82, 2.24) is 4.90 Å². The summed E-state index contributed by atoms with van der Waals surface area (Å²) in [6.45, 7) is -0.0984. The van der Waals surface area contributed by atoms with Crippen molar-refractivity contribution in [3.05, 3.63) is 0 Å². The fraction of sp³-hybridized carbons (Fsp3) is 0.900. The first-order valence-electron chi connectivity index (χ1n) is 5.26. The molecule has 1 N–H and O–H groups in total. The second kappa shape index (κ2) is 4.86. The van der Waals surface area contributed by atoms with Gasteiger partial charge in [-0.2, -0.15) is 13.2 Å². The van der Waals surface area contributed by atoms with Crippen LogP contribution >= 0.6 is 0 Å². The Bertz CT molecular complexity index is 219. The van der Waals surface area contributed by atoms with Crippen molar-refractivity contribution in [3.63, 3.8) is 0 Å². The van der Waals surface area contributed by atoms with Crippen molar-refractivity contribution >= 4 is 5.84 Å². The minimum atomic E-state index is -4.12. The van der Waals surface area contributed by atoms with E-state index in [1.54, 1.807) is 7.05 Å². The molecule has 0 spiro atoms. The van der Waals surface area contributed by atoms with Crippen molar-refractivity contribution in [2.24, 2.45) is 5.92 Å². The first kappa shape index (κ1) is 12.3. The van der Waals surface area contributed by atoms with Crippen molar-refractivity contribution in [3.8, 4) is 0 Å². The first-order chi connectivity index (χ1) is 6.90. The average Bonchev–Trinajstić information content (AvgIpc) is 2.64. The van der Waals surface area contributed by atoms with Crippen molar-refractivity contribution in [1.29, 1.82) is 5.41 Å². The maximum atomic E-state index is 12.0. The van der Waals surface area contributed by atoms with Gasteiger partial charge in [-0.25, -0.2) is 0 Å². The number of rotatable bonds is 3. The molecule has 0 unspecified atom stereocenters.